The monoisotopic (exact) mass is 213 g/mol. The fourth-order valence-corrected chi connectivity index (χ4v) is 2.55. The zero-order valence-corrected chi connectivity index (χ0v) is 10.2. The number of rotatable bonds is 3. The lowest BCUT2D eigenvalue weighted by Crippen LogP contribution is -2.57. The highest BCUT2D eigenvalue weighted by Gasteiger charge is 2.43. The van der Waals surface area contributed by atoms with Crippen molar-refractivity contribution < 1.29 is 9.90 Å². The highest BCUT2D eigenvalue weighted by Crippen LogP contribution is 2.36. The number of hydrogen-bond donors (Lipinski definition) is 2. The fraction of sp³-hybridized carbons (Fsp3) is 0.917. The smallest absolute Gasteiger partial charge is 0.323 e. The van der Waals surface area contributed by atoms with Gasteiger partial charge in [0.1, 0.15) is 5.54 Å². The van der Waals surface area contributed by atoms with Gasteiger partial charge in [-0.25, -0.2) is 0 Å². The SMILES string of the molecule is CC(C)NC1(C(=O)O)CCC(C)C(C)C1. The van der Waals surface area contributed by atoms with E-state index < -0.39 is 11.5 Å². The lowest BCUT2D eigenvalue weighted by Gasteiger charge is -2.41. The van der Waals surface area contributed by atoms with Gasteiger partial charge < -0.3 is 5.11 Å². The summed E-state index contributed by atoms with van der Waals surface area (Å²) in [6.07, 6.45) is 2.51. The molecule has 0 aromatic heterocycles. The Bertz CT molecular complexity index is 240. The van der Waals surface area contributed by atoms with E-state index in [0.717, 1.165) is 19.3 Å². The van der Waals surface area contributed by atoms with Crippen LogP contribution in [0.15, 0.2) is 0 Å². The average Bonchev–Trinajstić information content (AvgIpc) is 2.10. The molecule has 3 nitrogen and oxygen atoms in total. The molecule has 0 aliphatic heterocycles. The molecule has 1 saturated carbocycles. The molecule has 3 unspecified atom stereocenters. The summed E-state index contributed by atoms with van der Waals surface area (Å²) in [6.45, 7) is 8.39. The Kier molecular flexibility index (Phi) is 3.77. The lowest BCUT2D eigenvalue weighted by molar-refractivity contribution is -0.148. The van der Waals surface area contributed by atoms with Crippen molar-refractivity contribution in [3.05, 3.63) is 0 Å². The summed E-state index contributed by atoms with van der Waals surface area (Å²) < 4.78 is 0. The van der Waals surface area contributed by atoms with Gasteiger partial charge in [-0.05, 0) is 44.9 Å². The number of carboxylic acids is 1. The molecule has 88 valence electrons. The van der Waals surface area contributed by atoms with Crippen LogP contribution in [0.1, 0.15) is 47.0 Å². The van der Waals surface area contributed by atoms with Crippen molar-refractivity contribution in [3.8, 4) is 0 Å². The van der Waals surface area contributed by atoms with Crippen molar-refractivity contribution in [1.82, 2.24) is 5.32 Å². The van der Waals surface area contributed by atoms with Crippen LogP contribution in [0.2, 0.25) is 0 Å². The zero-order chi connectivity index (χ0) is 11.6. The summed E-state index contributed by atoms with van der Waals surface area (Å²) >= 11 is 0. The Morgan fingerprint density at radius 2 is 2.00 bits per heavy atom. The van der Waals surface area contributed by atoms with Crippen molar-refractivity contribution in [2.75, 3.05) is 0 Å². The largest absolute Gasteiger partial charge is 0.480 e. The van der Waals surface area contributed by atoms with E-state index >= 15 is 0 Å². The molecular weight excluding hydrogens is 190 g/mol. The van der Waals surface area contributed by atoms with Gasteiger partial charge in [-0.3, -0.25) is 10.1 Å². The maximum Gasteiger partial charge on any atom is 0.323 e. The highest BCUT2D eigenvalue weighted by molar-refractivity contribution is 5.79. The van der Waals surface area contributed by atoms with Gasteiger partial charge in [-0.2, -0.15) is 0 Å². The van der Waals surface area contributed by atoms with E-state index in [1.165, 1.54) is 0 Å². The minimum atomic E-state index is -0.685. The van der Waals surface area contributed by atoms with Crippen molar-refractivity contribution in [1.29, 1.82) is 0 Å². The average molecular weight is 213 g/mol. The second-order valence-electron chi connectivity index (χ2n) is 5.38. The number of carbonyl (C=O) groups is 1. The van der Waals surface area contributed by atoms with Crippen molar-refractivity contribution in [2.24, 2.45) is 11.8 Å². The molecule has 0 saturated heterocycles. The maximum absolute atomic E-state index is 11.4. The maximum atomic E-state index is 11.4. The van der Waals surface area contributed by atoms with E-state index in [2.05, 4.69) is 19.2 Å². The molecule has 3 atom stereocenters. The molecule has 0 bridgehead atoms. The standard InChI is InChI=1S/C12H23NO2/c1-8(2)13-12(11(14)15)6-5-9(3)10(4)7-12/h8-10,13H,5-7H2,1-4H3,(H,14,15). The molecule has 1 fully saturated rings. The molecule has 0 aromatic rings. The number of nitrogens with one attached hydrogen (secondary N) is 1. The summed E-state index contributed by atoms with van der Waals surface area (Å²) in [5.41, 5.74) is -0.680. The third kappa shape index (κ3) is 2.71. The quantitative estimate of drug-likeness (QED) is 0.756. The van der Waals surface area contributed by atoms with E-state index in [1.54, 1.807) is 0 Å². The molecule has 0 radical (unpaired) electrons. The van der Waals surface area contributed by atoms with Crippen LogP contribution in [0.5, 0.6) is 0 Å². The van der Waals surface area contributed by atoms with Gasteiger partial charge in [0.25, 0.3) is 0 Å². The normalized spacial score (nSPS) is 36.9. The van der Waals surface area contributed by atoms with Crippen molar-refractivity contribution >= 4 is 5.97 Å². The molecule has 1 aliphatic carbocycles. The van der Waals surface area contributed by atoms with Gasteiger partial charge in [-0.1, -0.05) is 13.8 Å². The molecule has 0 spiro atoms. The fourth-order valence-electron chi connectivity index (χ4n) is 2.55. The van der Waals surface area contributed by atoms with Gasteiger partial charge in [0, 0.05) is 6.04 Å². The van der Waals surface area contributed by atoms with Crippen LogP contribution < -0.4 is 5.32 Å². The van der Waals surface area contributed by atoms with Crippen LogP contribution in [-0.2, 0) is 4.79 Å². The van der Waals surface area contributed by atoms with Gasteiger partial charge in [0.15, 0.2) is 0 Å². The van der Waals surface area contributed by atoms with Gasteiger partial charge in [0.2, 0.25) is 0 Å². The highest BCUT2D eigenvalue weighted by atomic mass is 16.4. The van der Waals surface area contributed by atoms with E-state index in [0.29, 0.717) is 11.8 Å². The zero-order valence-electron chi connectivity index (χ0n) is 10.2. The first kappa shape index (κ1) is 12.5. The van der Waals surface area contributed by atoms with Crippen LogP contribution >= 0.6 is 0 Å². The summed E-state index contributed by atoms with van der Waals surface area (Å²) in [5.74, 6) is 0.447. The van der Waals surface area contributed by atoms with Crippen molar-refractivity contribution in [2.45, 2.75) is 58.5 Å². The van der Waals surface area contributed by atoms with E-state index in [9.17, 15) is 9.90 Å². The molecule has 3 heteroatoms. The predicted molar refractivity (Wildman–Crippen MR) is 60.8 cm³/mol. The van der Waals surface area contributed by atoms with Crippen molar-refractivity contribution in [3.63, 3.8) is 0 Å². The number of carboxylic acid groups (broad SMARTS) is 1. The van der Waals surface area contributed by atoms with Crippen LogP contribution in [-0.4, -0.2) is 22.7 Å². The molecule has 2 N–H and O–H groups in total. The van der Waals surface area contributed by atoms with Gasteiger partial charge in [0.05, 0.1) is 0 Å². The Morgan fingerprint density at radius 1 is 1.40 bits per heavy atom. The predicted octanol–water partition coefficient (Wildman–Crippen LogP) is 2.26. The summed E-state index contributed by atoms with van der Waals surface area (Å²) in [7, 11) is 0. The summed E-state index contributed by atoms with van der Waals surface area (Å²) in [6, 6.07) is 0.224. The molecule has 15 heavy (non-hydrogen) atoms. The van der Waals surface area contributed by atoms with Crippen LogP contribution in [0.4, 0.5) is 0 Å². The van der Waals surface area contributed by atoms with E-state index in [1.807, 2.05) is 13.8 Å². The molecule has 0 aromatic carbocycles. The van der Waals surface area contributed by atoms with Crippen LogP contribution in [0, 0.1) is 11.8 Å². The first-order valence-corrected chi connectivity index (χ1v) is 5.88. The first-order valence-electron chi connectivity index (χ1n) is 5.88. The second kappa shape index (κ2) is 4.52. The van der Waals surface area contributed by atoms with Gasteiger partial charge >= 0.3 is 5.97 Å². The Morgan fingerprint density at radius 3 is 2.40 bits per heavy atom. The molecule has 0 amide bonds. The van der Waals surface area contributed by atoms with Crippen LogP contribution in [0.25, 0.3) is 0 Å². The second-order valence-corrected chi connectivity index (χ2v) is 5.38. The van der Waals surface area contributed by atoms with Crippen LogP contribution in [0.3, 0.4) is 0 Å². The molecular formula is C12H23NO2. The van der Waals surface area contributed by atoms with E-state index in [4.69, 9.17) is 0 Å². The third-order valence-electron chi connectivity index (χ3n) is 3.64. The summed E-state index contributed by atoms with van der Waals surface area (Å²) in [4.78, 5) is 11.4. The molecule has 0 heterocycles. The molecule has 1 rings (SSSR count). The van der Waals surface area contributed by atoms with Gasteiger partial charge in [-0.15, -0.1) is 0 Å². The third-order valence-corrected chi connectivity index (χ3v) is 3.64. The lowest BCUT2D eigenvalue weighted by atomic mass is 9.71. The molecule has 1 aliphatic rings. The minimum absolute atomic E-state index is 0.224. The number of aliphatic carboxylic acids is 1. The topological polar surface area (TPSA) is 49.3 Å². The Labute approximate surface area is 92.3 Å². The van der Waals surface area contributed by atoms with E-state index in [-0.39, 0.29) is 6.04 Å². The Hall–Kier alpha value is -0.570. The minimum Gasteiger partial charge on any atom is -0.480 e. The first-order chi connectivity index (χ1) is 6.87. The Balaban J connectivity index is 2.79. The number of hydrogen-bond acceptors (Lipinski definition) is 2. The summed E-state index contributed by atoms with van der Waals surface area (Å²) in [5, 5.41) is 12.6.